The van der Waals surface area contributed by atoms with Crippen LogP contribution in [0.15, 0.2) is 30.3 Å². The summed E-state index contributed by atoms with van der Waals surface area (Å²) in [5.74, 6) is 0.0987. The summed E-state index contributed by atoms with van der Waals surface area (Å²) in [5.41, 5.74) is 8.41. The van der Waals surface area contributed by atoms with Crippen molar-refractivity contribution in [3.8, 4) is 0 Å². The zero-order chi connectivity index (χ0) is 14.4. The first-order valence-electron chi connectivity index (χ1n) is 6.31. The molecule has 102 valence electrons. The van der Waals surface area contributed by atoms with Gasteiger partial charge in [-0.15, -0.1) is 11.3 Å². The summed E-state index contributed by atoms with van der Waals surface area (Å²) >= 11 is 1.45. The molecule has 1 aromatic carbocycles. The Morgan fingerprint density at radius 3 is 2.42 bits per heavy atom. The fourth-order valence-corrected chi connectivity index (χ4v) is 2.62. The van der Waals surface area contributed by atoms with Crippen LogP contribution in [0, 0.1) is 6.92 Å². The summed E-state index contributed by atoms with van der Waals surface area (Å²) in [6.45, 7) is 7.52. The first-order chi connectivity index (χ1) is 9.08. The van der Waals surface area contributed by atoms with Crippen molar-refractivity contribution in [1.82, 2.24) is 0 Å². The Morgan fingerprint density at radius 1 is 1.26 bits per heavy atom. The number of Topliss-reactive ketones (excluding diaryl/α,β-unsaturated/α-hetero) is 1. The van der Waals surface area contributed by atoms with Gasteiger partial charge in [0.25, 0.3) is 0 Å². The average molecular weight is 276 g/mol. The molecule has 0 aliphatic rings. The van der Waals surface area contributed by atoms with Gasteiger partial charge in [-0.1, -0.05) is 26.0 Å². The number of para-hydroxylation sites is 2. The molecule has 0 spiro atoms. The van der Waals surface area contributed by atoms with Gasteiger partial charge >= 0.3 is 0 Å². The largest absolute Gasteiger partial charge is 0.397 e. The molecule has 19 heavy (non-hydrogen) atoms. The van der Waals surface area contributed by atoms with E-state index in [0.717, 1.165) is 21.1 Å². The molecule has 0 fully saturated rings. The number of nitrogens with two attached hydrogens (primary N) is 1. The van der Waals surface area contributed by atoms with E-state index in [0.29, 0.717) is 5.69 Å². The minimum Gasteiger partial charge on any atom is -0.397 e. The third-order valence-electron chi connectivity index (χ3n) is 2.46. The van der Waals surface area contributed by atoms with Crippen molar-refractivity contribution >= 4 is 33.5 Å². The monoisotopic (exact) mass is 276 g/mol. The lowest BCUT2D eigenvalue weighted by molar-refractivity contribution is 0.102. The zero-order valence-corrected chi connectivity index (χ0v) is 12.6. The van der Waals surface area contributed by atoms with E-state index in [1.165, 1.54) is 11.3 Å². The van der Waals surface area contributed by atoms with Gasteiger partial charge in [-0.2, -0.15) is 0 Å². The predicted octanol–water partition coefficient (Wildman–Crippen LogP) is 4.61. The number of anilines is 3. The third-order valence-corrected chi connectivity index (χ3v) is 3.71. The van der Waals surface area contributed by atoms with Gasteiger partial charge in [0.05, 0.1) is 21.3 Å². The van der Waals surface area contributed by atoms with Crippen LogP contribution >= 0.6 is 11.3 Å². The highest BCUT2D eigenvalue weighted by atomic mass is 32.1. The Bertz CT molecular complexity index is 561. The molecule has 2 rings (SSSR count). The number of carbonyl (C=O) groups is 1. The number of thiophene rings is 1. The number of rotatable bonds is 3. The van der Waals surface area contributed by atoms with Crippen LogP contribution in [-0.2, 0) is 0 Å². The molecule has 1 aromatic heterocycles. The van der Waals surface area contributed by atoms with Gasteiger partial charge in [-0.05, 0) is 37.6 Å². The maximum Gasteiger partial charge on any atom is 0.170 e. The van der Waals surface area contributed by atoms with Crippen LogP contribution in [0.3, 0.4) is 0 Å². The number of carbonyl (C=O) groups excluding carboxylic acids is 1. The van der Waals surface area contributed by atoms with E-state index in [9.17, 15) is 4.79 Å². The number of hydrogen-bond donors (Lipinski definition) is 2. The quantitative estimate of drug-likeness (QED) is 0.635. The lowest BCUT2D eigenvalue weighted by Gasteiger charge is -2.05. The predicted molar refractivity (Wildman–Crippen MR) is 84.5 cm³/mol. The molecule has 0 radical (unpaired) electrons. The van der Waals surface area contributed by atoms with Crippen molar-refractivity contribution < 1.29 is 4.79 Å². The smallest absolute Gasteiger partial charge is 0.170 e. The van der Waals surface area contributed by atoms with Crippen molar-refractivity contribution in [2.45, 2.75) is 27.7 Å². The second kappa shape index (κ2) is 6.95. The van der Waals surface area contributed by atoms with Crippen LogP contribution in [0.1, 0.15) is 36.0 Å². The van der Waals surface area contributed by atoms with Gasteiger partial charge < -0.3 is 11.1 Å². The lowest BCUT2D eigenvalue weighted by Crippen LogP contribution is -1.93. The fourth-order valence-electron chi connectivity index (χ4n) is 1.64. The average Bonchev–Trinajstić information content (AvgIpc) is 2.76. The standard InChI is InChI=1S/C13H14N2OS.C2H6/c1-8-7-12(17-13(8)9(2)16)15-11-6-4-3-5-10(11)14;1-2/h3-7,15H,14H2,1-2H3;1-2H3. The first-order valence-corrected chi connectivity index (χ1v) is 7.12. The van der Waals surface area contributed by atoms with Gasteiger partial charge in [0.1, 0.15) is 0 Å². The second-order valence-corrected chi connectivity index (χ2v) is 4.94. The fraction of sp³-hybridized carbons (Fsp3) is 0.267. The van der Waals surface area contributed by atoms with E-state index in [-0.39, 0.29) is 5.78 Å². The molecule has 0 aliphatic carbocycles. The Morgan fingerprint density at radius 2 is 1.89 bits per heavy atom. The topological polar surface area (TPSA) is 55.1 Å². The molecule has 0 atom stereocenters. The highest BCUT2D eigenvalue weighted by molar-refractivity contribution is 7.18. The molecule has 0 bridgehead atoms. The van der Waals surface area contributed by atoms with E-state index in [1.807, 2.05) is 51.1 Å². The lowest BCUT2D eigenvalue weighted by atomic mass is 10.2. The van der Waals surface area contributed by atoms with E-state index < -0.39 is 0 Å². The zero-order valence-electron chi connectivity index (χ0n) is 11.8. The van der Waals surface area contributed by atoms with Crippen molar-refractivity contribution in [2.24, 2.45) is 0 Å². The summed E-state index contributed by atoms with van der Waals surface area (Å²) in [6, 6.07) is 9.53. The molecular formula is C15H20N2OS. The molecule has 0 unspecified atom stereocenters. The highest BCUT2D eigenvalue weighted by Crippen LogP contribution is 2.31. The van der Waals surface area contributed by atoms with Gasteiger partial charge in [-0.25, -0.2) is 0 Å². The molecular weight excluding hydrogens is 256 g/mol. The van der Waals surface area contributed by atoms with Crippen LogP contribution in [0.4, 0.5) is 16.4 Å². The Balaban J connectivity index is 0.000000861. The summed E-state index contributed by atoms with van der Waals surface area (Å²) in [6.07, 6.45) is 0. The summed E-state index contributed by atoms with van der Waals surface area (Å²) in [5, 5.41) is 4.17. The van der Waals surface area contributed by atoms with Crippen LogP contribution in [0.5, 0.6) is 0 Å². The molecule has 3 N–H and O–H groups in total. The Labute approximate surface area is 118 Å². The summed E-state index contributed by atoms with van der Waals surface area (Å²) < 4.78 is 0. The van der Waals surface area contributed by atoms with Crippen LogP contribution < -0.4 is 11.1 Å². The van der Waals surface area contributed by atoms with Crippen LogP contribution in [0.25, 0.3) is 0 Å². The number of benzene rings is 1. The molecule has 2 aromatic rings. The highest BCUT2D eigenvalue weighted by Gasteiger charge is 2.10. The normalized spacial score (nSPS) is 9.47. The van der Waals surface area contributed by atoms with Crippen molar-refractivity contribution in [3.63, 3.8) is 0 Å². The van der Waals surface area contributed by atoms with Crippen molar-refractivity contribution in [1.29, 1.82) is 0 Å². The molecule has 3 nitrogen and oxygen atoms in total. The SMILES string of the molecule is CC.CC(=O)c1sc(Nc2ccccc2N)cc1C. The van der Waals surface area contributed by atoms with Gasteiger partial charge in [-0.3, -0.25) is 4.79 Å². The number of nitrogens with one attached hydrogen (secondary N) is 1. The minimum atomic E-state index is 0.0987. The van der Waals surface area contributed by atoms with E-state index in [2.05, 4.69) is 5.32 Å². The number of ketones is 1. The number of hydrogen-bond acceptors (Lipinski definition) is 4. The van der Waals surface area contributed by atoms with Crippen LogP contribution in [-0.4, -0.2) is 5.78 Å². The molecule has 0 saturated heterocycles. The summed E-state index contributed by atoms with van der Waals surface area (Å²) in [7, 11) is 0. The van der Waals surface area contributed by atoms with Crippen molar-refractivity contribution in [2.75, 3.05) is 11.1 Å². The minimum absolute atomic E-state index is 0.0987. The van der Waals surface area contributed by atoms with Gasteiger partial charge in [0.15, 0.2) is 5.78 Å². The molecule has 1 heterocycles. The molecule has 0 amide bonds. The van der Waals surface area contributed by atoms with E-state index in [1.54, 1.807) is 6.92 Å². The Kier molecular flexibility index (Phi) is 5.57. The van der Waals surface area contributed by atoms with Crippen molar-refractivity contribution in [3.05, 3.63) is 40.8 Å². The third kappa shape index (κ3) is 3.83. The molecule has 0 saturated carbocycles. The first kappa shape index (κ1) is 15.2. The Hall–Kier alpha value is -1.81. The van der Waals surface area contributed by atoms with Crippen LogP contribution in [0.2, 0.25) is 0 Å². The van der Waals surface area contributed by atoms with E-state index in [4.69, 9.17) is 5.73 Å². The number of nitrogen functional groups attached to an aromatic ring is 1. The van der Waals surface area contributed by atoms with Gasteiger partial charge in [0.2, 0.25) is 0 Å². The second-order valence-electron chi connectivity index (χ2n) is 3.89. The molecule has 0 aliphatic heterocycles. The maximum absolute atomic E-state index is 11.4. The number of aryl methyl sites for hydroxylation is 1. The summed E-state index contributed by atoms with van der Waals surface area (Å²) in [4.78, 5) is 12.2. The van der Waals surface area contributed by atoms with E-state index >= 15 is 0 Å². The van der Waals surface area contributed by atoms with Gasteiger partial charge in [0, 0.05) is 0 Å². The molecule has 4 heteroatoms. The maximum atomic E-state index is 11.4.